The van der Waals surface area contributed by atoms with Gasteiger partial charge in [-0.05, 0) is 60.5 Å². The average molecular weight is 445 g/mol. The van der Waals surface area contributed by atoms with Gasteiger partial charge in [-0.1, -0.05) is 30.3 Å². The van der Waals surface area contributed by atoms with Gasteiger partial charge in [0.2, 0.25) is 0 Å². The summed E-state index contributed by atoms with van der Waals surface area (Å²) in [5.74, 6) is 0.305. The Labute approximate surface area is 192 Å². The highest BCUT2D eigenvalue weighted by molar-refractivity contribution is 7.12. The lowest BCUT2D eigenvalue weighted by Crippen LogP contribution is -2.42. The smallest absolute Gasteiger partial charge is 0.261 e. The number of hydrogen-bond acceptors (Lipinski definition) is 4. The molecule has 3 aromatic heterocycles. The van der Waals surface area contributed by atoms with E-state index in [2.05, 4.69) is 57.3 Å². The number of nitrogens with zero attached hydrogens (tertiary/aromatic N) is 3. The lowest BCUT2D eigenvalue weighted by atomic mass is 9.88. The van der Waals surface area contributed by atoms with Gasteiger partial charge in [0.15, 0.2) is 0 Å². The van der Waals surface area contributed by atoms with Crippen molar-refractivity contribution in [3.8, 4) is 0 Å². The number of amides is 1. The highest BCUT2D eigenvalue weighted by Crippen LogP contribution is 2.31. The van der Waals surface area contributed by atoms with E-state index in [4.69, 9.17) is 0 Å². The van der Waals surface area contributed by atoms with E-state index < -0.39 is 0 Å². The van der Waals surface area contributed by atoms with Crippen LogP contribution in [-0.4, -0.2) is 33.4 Å². The predicted octanol–water partition coefficient (Wildman–Crippen LogP) is 5.02. The standard InChI is InChI=1S/C26H28N4OS/c1-29-16-20(21-9-2-3-11-23(21)29)18-30-14-6-8-19(17-30)25(22-10-4-5-13-27-22)28-26(31)24-12-7-15-32-24/h2-5,7,9-13,15-16,19,25H,6,8,14,17-18H2,1H3,(H,28,31). The van der Waals surface area contributed by atoms with Gasteiger partial charge in [0.1, 0.15) is 0 Å². The zero-order chi connectivity index (χ0) is 21.9. The number of para-hydroxylation sites is 1. The number of aryl methyl sites for hydroxylation is 1. The van der Waals surface area contributed by atoms with Gasteiger partial charge in [-0.3, -0.25) is 14.7 Å². The number of fused-ring (bicyclic) bond motifs is 1. The van der Waals surface area contributed by atoms with Crippen molar-refractivity contribution in [2.75, 3.05) is 13.1 Å². The average Bonchev–Trinajstić information content (AvgIpc) is 3.47. The van der Waals surface area contributed by atoms with Gasteiger partial charge in [0.25, 0.3) is 5.91 Å². The second kappa shape index (κ2) is 9.27. The molecule has 6 heteroatoms. The van der Waals surface area contributed by atoms with Crippen molar-refractivity contribution in [3.63, 3.8) is 0 Å². The van der Waals surface area contributed by atoms with Gasteiger partial charge in [-0.25, -0.2) is 0 Å². The van der Waals surface area contributed by atoms with Crippen LogP contribution in [-0.2, 0) is 13.6 Å². The summed E-state index contributed by atoms with van der Waals surface area (Å²) in [6, 6.07) is 18.3. The SMILES string of the molecule is Cn1cc(CN2CCCC(C(NC(=O)c3cccs3)c3ccccn3)C2)c2ccccc21. The molecule has 1 amide bonds. The van der Waals surface area contributed by atoms with Gasteiger partial charge in [-0.2, -0.15) is 0 Å². The number of piperidine rings is 1. The topological polar surface area (TPSA) is 50.2 Å². The van der Waals surface area contributed by atoms with Crippen molar-refractivity contribution >= 4 is 28.1 Å². The number of thiophene rings is 1. The van der Waals surface area contributed by atoms with Crippen molar-refractivity contribution in [3.05, 3.63) is 88.5 Å². The molecular weight excluding hydrogens is 416 g/mol. The molecular formula is C26H28N4OS. The summed E-state index contributed by atoms with van der Waals surface area (Å²) in [6.45, 7) is 2.94. The van der Waals surface area contributed by atoms with Crippen LogP contribution in [0.25, 0.3) is 10.9 Å². The van der Waals surface area contributed by atoms with Gasteiger partial charge >= 0.3 is 0 Å². The Kier molecular flexibility index (Phi) is 6.06. The molecule has 0 bridgehead atoms. The minimum absolute atomic E-state index is 0.0122. The Balaban J connectivity index is 1.36. The Hall–Kier alpha value is -2.96. The molecule has 1 aliphatic heterocycles. The number of aromatic nitrogens is 2. The first-order valence-electron chi connectivity index (χ1n) is 11.2. The molecule has 1 aliphatic rings. The van der Waals surface area contributed by atoms with E-state index in [0.29, 0.717) is 5.92 Å². The molecule has 4 heterocycles. The van der Waals surface area contributed by atoms with Crippen molar-refractivity contribution in [2.24, 2.45) is 13.0 Å². The van der Waals surface area contributed by atoms with Crippen molar-refractivity contribution in [2.45, 2.75) is 25.4 Å². The molecule has 0 saturated carbocycles. The minimum Gasteiger partial charge on any atom is -0.350 e. The molecule has 0 radical (unpaired) electrons. The Bertz CT molecular complexity index is 1190. The minimum atomic E-state index is -0.0962. The summed E-state index contributed by atoms with van der Waals surface area (Å²) in [4.78, 5) is 20.8. The third kappa shape index (κ3) is 4.33. The monoisotopic (exact) mass is 444 g/mol. The quantitative estimate of drug-likeness (QED) is 0.454. The summed E-state index contributed by atoms with van der Waals surface area (Å²) >= 11 is 1.48. The Morgan fingerprint density at radius 1 is 1.19 bits per heavy atom. The van der Waals surface area contributed by atoms with E-state index in [1.54, 1.807) is 0 Å². The van der Waals surface area contributed by atoms with Crippen LogP contribution in [0.4, 0.5) is 0 Å². The highest BCUT2D eigenvalue weighted by atomic mass is 32.1. The van der Waals surface area contributed by atoms with Crippen molar-refractivity contribution in [1.82, 2.24) is 19.8 Å². The molecule has 2 atom stereocenters. The van der Waals surface area contributed by atoms with Crippen LogP contribution in [0.3, 0.4) is 0 Å². The zero-order valence-electron chi connectivity index (χ0n) is 18.3. The number of rotatable bonds is 6. The maximum absolute atomic E-state index is 12.9. The number of pyridine rings is 1. The summed E-state index contributed by atoms with van der Waals surface area (Å²) in [6.07, 6.45) is 6.27. The molecule has 164 valence electrons. The number of benzene rings is 1. The number of carbonyl (C=O) groups is 1. The summed E-state index contributed by atoms with van der Waals surface area (Å²) < 4.78 is 2.21. The summed E-state index contributed by atoms with van der Waals surface area (Å²) in [7, 11) is 2.11. The first kappa shape index (κ1) is 20.9. The normalized spacial score (nSPS) is 18.0. The van der Waals surface area contributed by atoms with E-state index >= 15 is 0 Å². The second-order valence-electron chi connectivity index (χ2n) is 8.60. The first-order chi connectivity index (χ1) is 15.7. The van der Waals surface area contributed by atoms with Crippen LogP contribution in [0.15, 0.2) is 72.4 Å². The summed E-state index contributed by atoms with van der Waals surface area (Å²) in [5, 5.41) is 6.57. The van der Waals surface area contributed by atoms with Crippen LogP contribution in [0, 0.1) is 5.92 Å². The Morgan fingerprint density at radius 3 is 2.88 bits per heavy atom. The fourth-order valence-electron chi connectivity index (χ4n) is 4.91. The molecule has 5 rings (SSSR count). The van der Waals surface area contributed by atoms with Crippen LogP contribution >= 0.6 is 11.3 Å². The molecule has 1 N–H and O–H groups in total. The van der Waals surface area contributed by atoms with Crippen molar-refractivity contribution < 1.29 is 4.79 Å². The van der Waals surface area contributed by atoms with Gasteiger partial charge in [0.05, 0.1) is 16.6 Å². The van der Waals surface area contributed by atoms with Crippen molar-refractivity contribution in [1.29, 1.82) is 0 Å². The van der Waals surface area contributed by atoms with Crippen LogP contribution in [0.1, 0.15) is 39.8 Å². The van der Waals surface area contributed by atoms with Gasteiger partial charge in [-0.15, -0.1) is 11.3 Å². The Morgan fingerprint density at radius 2 is 2.06 bits per heavy atom. The first-order valence-corrected chi connectivity index (χ1v) is 12.1. The molecule has 1 fully saturated rings. The van der Waals surface area contributed by atoms with Crippen LogP contribution in [0.2, 0.25) is 0 Å². The van der Waals surface area contributed by atoms with E-state index in [0.717, 1.165) is 43.0 Å². The molecule has 0 spiro atoms. The number of nitrogens with one attached hydrogen (secondary N) is 1. The zero-order valence-corrected chi connectivity index (χ0v) is 19.1. The third-order valence-corrected chi connectivity index (χ3v) is 7.29. The van der Waals surface area contributed by atoms with Crippen LogP contribution in [0.5, 0.6) is 0 Å². The lowest BCUT2D eigenvalue weighted by molar-refractivity contribution is 0.0879. The van der Waals surface area contributed by atoms with E-state index in [9.17, 15) is 4.79 Å². The molecule has 1 aromatic carbocycles. The number of carbonyl (C=O) groups excluding carboxylic acids is 1. The molecule has 2 unspecified atom stereocenters. The fourth-order valence-corrected chi connectivity index (χ4v) is 5.54. The molecule has 5 nitrogen and oxygen atoms in total. The van der Waals surface area contributed by atoms with E-state index in [1.165, 1.54) is 27.8 Å². The molecule has 1 saturated heterocycles. The van der Waals surface area contributed by atoms with Crippen LogP contribution < -0.4 is 5.32 Å². The van der Waals surface area contributed by atoms with E-state index in [1.807, 2.05) is 41.9 Å². The molecule has 32 heavy (non-hydrogen) atoms. The highest BCUT2D eigenvalue weighted by Gasteiger charge is 2.31. The number of hydrogen-bond donors (Lipinski definition) is 1. The second-order valence-corrected chi connectivity index (χ2v) is 9.55. The fraction of sp³-hybridized carbons (Fsp3) is 0.308. The van der Waals surface area contributed by atoms with E-state index in [-0.39, 0.29) is 11.9 Å². The largest absolute Gasteiger partial charge is 0.350 e. The molecule has 0 aliphatic carbocycles. The maximum Gasteiger partial charge on any atom is 0.261 e. The number of likely N-dealkylation sites (tertiary alicyclic amines) is 1. The van der Waals surface area contributed by atoms with Gasteiger partial charge < -0.3 is 9.88 Å². The van der Waals surface area contributed by atoms with Gasteiger partial charge in [0, 0.05) is 43.4 Å². The summed E-state index contributed by atoms with van der Waals surface area (Å²) in [5.41, 5.74) is 3.57. The maximum atomic E-state index is 12.9. The molecule has 4 aromatic rings. The predicted molar refractivity (Wildman–Crippen MR) is 130 cm³/mol. The lowest BCUT2D eigenvalue weighted by Gasteiger charge is -2.37. The third-order valence-electron chi connectivity index (χ3n) is 6.42.